The molecule has 0 radical (unpaired) electrons. The summed E-state index contributed by atoms with van der Waals surface area (Å²) in [5.41, 5.74) is 13.0. The molecule has 0 spiro atoms. The van der Waals surface area contributed by atoms with E-state index in [0.717, 1.165) is 6.42 Å². The summed E-state index contributed by atoms with van der Waals surface area (Å²) in [6.45, 7) is 14.5. The number of fused-ring (bicyclic) bond motifs is 6. The average molecular weight is 599 g/mol. The van der Waals surface area contributed by atoms with Gasteiger partial charge in [-0.05, 0) is 54.1 Å². The third-order valence-electron chi connectivity index (χ3n) is 8.63. The van der Waals surface area contributed by atoms with Crippen molar-refractivity contribution in [2.45, 2.75) is 66.7 Å². The normalized spacial score (nSPS) is 27.3. The molecule has 190 valence electrons. The van der Waals surface area contributed by atoms with E-state index in [1.54, 1.807) is 34.8 Å². The van der Waals surface area contributed by atoms with Gasteiger partial charge in [0.15, 0.2) is 0 Å². The van der Waals surface area contributed by atoms with Crippen molar-refractivity contribution in [3.05, 3.63) is 101 Å². The fraction of sp³-hybridized carbons (Fsp3) is 0.455. The van der Waals surface area contributed by atoms with Crippen molar-refractivity contribution in [3.63, 3.8) is 0 Å². The Bertz CT molecular complexity index is 1110. The quantitative estimate of drug-likeness (QED) is 0.437. The maximum atomic E-state index is 3.25. The van der Waals surface area contributed by atoms with Gasteiger partial charge < -0.3 is 31.7 Å². The van der Waals surface area contributed by atoms with E-state index in [9.17, 15) is 0 Å². The van der Waals surface area contributed by atoms with Crippen LogP contribution in [-0.2, 0) is 32.6 Å². The van der Waals surface area contributed by atoms with Gasteiger partial charge in [0.2, 0.25) is 0 Å². The van der Waals surface area contributed by atoms with Crippen molar-refractivity contribution >= 4 is 5.57 Å². The fourth-order valence-corrected chi connectivity index (χ4v) is 7.18. The zero-order chi connectivity index (χ0) is 23.3. The van der Waals surface area contributed by atoms with Crippen LogP contribution in [0.5, 0.6) is 0 Å². The summed E-state index contributed by atoms with van der Waals surface area (Å²) in [5.74, 6) is 2.64. The van der Waals surface area contributed by atoms with Crippen LogP contribution in [0.3, 0.4) is 0 Å². The van der Waals surface area contributed by atoms with E-state index in [1.165, 1.54) is 42.4 Å². The smallest absolute Gasteiger partial charge is 1.00 e. The van der Waals surface area contributed by atoms with Crippen LogP contribution in [0, 0.1) is 42.4 Å². The van der Waals surface area contributed by atoms with Crippen LogP contribution in [0.2, 0.25) is 0 Å². The first-order valence-corrected chi connectivity index (χ1v) is 13.1. The Hall–Kier alpha value is -0.747. The Morgan fingerprint density at radius 2 is 1.78 bits per heavy atom. The minimum atomic E-state index is 0. The molecule has 0 aliphatic heterocycles. The number of halogens is 2. The first kappa shape index (κ1) is 31.5. The summed E-state index contributed by atoms with van der Waals surface area (Å²) in [4.78, 5) is 0. The standard InChI is InChI=1S/C31H35.C2H5.2ClH.Zr/c1-19-16-21(31(2,3)4)18-27(19)25-14-9-15-26-29-22-11-6-5-10-20(22)17-28(29)23-12-7-8-13-24(23)30(25)26;1-2;;;/h5-6,9-12,15-16,18,24-25,27,30H,7-8,13-14,17H2,1-4H3;1H2,2H3;2*1H;/q2*-1;;;+4/p-2. The second-order valence-corrected chi connectivity index (χ2v) is 11.5. The second-order valence-electron chi connectivity index (χ2n) is 11.5. The maximum absolute atomic E-state index is 3.25. The van der Waals surface area contributed by atoms with Gasteiger partial charge in [-0.1, -0.05) is 104 Å². The molecule has 5 aliphatic rings. The summed E-state index contributed by atoms with van der Waals surface area (Å²) in [5, 5.41) is 0. The van der Waals surface area contributed by atoms with Crippen molar-refractivity contribution in [3.8, 4) is 0 Å². The first-order valence-electron chi connectivity index (χ1n) is 13.1. The fourth-order valence-electron chi connectivity index (χ4n) is 7.18. The largest absolute Gasteiger partial charge is 4.00 e. The molecule has 6 rings (SSSR count). The number of hydrogen-bond donors (Lipinski definition) is 0. The van der Waals surface area contributed by atoms with Crippen LogP contribution in [0.25, 0.3) is 5.57 Å². The average Bonchev–Trinajstić information content (AvgIpc) is 3.41. The zero-order valence-electron chi connectivity index (χ0n) is 22.5. The molecule has 1 aromatic carbocycles. The molecule has 1 fully saturated rings. The van der Waals surface area contributed by atoms with Gasteiger partial charge in [-0.25, -0.2) is 12.0 Å². The van der Waals surface area contributed by atoms with Crippen LogP contribution in [0.4, 0.5) is 0 Å². The zero-order valence-corrected chi connectivity index (χ0v) is 26.5. The minimum absolute atomic E-state index is 0. The predicted octanol–water partition coefficient (Wildman–Crippen LogP) is 2.90. The van der Waals surface area contributed by atoms with Crippen molar-refractivity contribution in [2.75, 3.05) is 0 Å². The molecule has 4 unspecified atom stereocenters. The summed E-state index contributed by atoms with van der Waals surface area (Å²) in [6, 6.07) is 9.18. The maximum Gasteiger partial charge on any atom is 4.00 e. The molecule has 36 heavy (non-hydrogen) atoms. The molecule has 3 heteroatoms. The second kappa shape index (κ2) is 12.4. The van der Waals surface area contributed by atoms with E-state index in [-0.39, 0.29) is 56.4 Å². The Labute approximate surface area is 251 Å². The molecule has 0 amide bonds. The van der Waals surface area contributed by atoms with Crippen molar-refractivity contribution < 1.29 is 51.0 Å². The van der Waals surface area contributed by atoms with Crippen LogP contribution < -0.4 is 24.8 Å². The van der Waals surface area contributed by atoms with Gasteiger partial charge >= 0.3 is 26.2 Å². The Morgan fingerprint density at radius 3 is 2.47 bits per heavy atom. The van der Waals surface area contributed by atoms with Crippen LogP contribution >= 0.6 is 0 Å². The van der Waals surface area contributed by atoms with E-state index < -0.39 is 0 Å². The van der Waals surface area contributed by atoms with E-state index in [2.05, 4.69) is 89.6 Å². The van der Waals surface area contributed by atoms with Crippen LogP contribution in [0.15, 0.2) is 76.4 Å². The number of benzene rings is 1. The molecule has 0 saturated heterocycles. The monoisotopic (exact) mass is 596 g/mol. The topological polar surface area (TPSA) is 0 Å². The molecule has 0 nitrogen and oxygen atoms in total. The van der Waals surface area contributed by atoms with E-state index in [1.807, 2.05) is 0 Å². The van der Waals surface area contributed by atoms with E-state index in [4.69, 9.17) is 0 Å². The van der Waals surface area contributed by atoms with Gasteiger partial charge in [-0.2, -0.15) is 12.5 Å². The molecule has 0 aromatic heterocycles. The van der Waals surface area contributed by atoms with Gasteiger partial charge in [-0.3, -0.25) is 0 Å². The van der Waals surface area contributed by atoms with Crippen molar-refractivity contribution in [1.29, 1.82) is 0 Å². The van der Waals surface area contributed by atoms with Crippen LogP contribution in [-0.4, -0.2) is 0 Å². The van der Waals surface area contributed by atoms with Gasteiger partial charge in [0.25, 0.3) is 0 Å². The molecule has 0 N–H and O–H groups in total. The molecule has 1 aromatic rings. The van der Waals surface area contributed by atoms with E-state index in [0.29, 0.717) is 23.7 Å². The summed E-state index contributed by atoms with van der Waals surface area (Å²) in [6.07, 6.45) is 19.1. The third-order valence-corrected chi connectivity index (χ3v) is 8.63. The van der Waals surface area contributed by atoms with Gasteiger partial charge in [0, 0.05) is 5.92 Å². The summed E-state index contributed by atoms with van der Waals surface area (Å²) < 4.78 is 0. The molecule has 4 atom stereocenters. The Morgan fingerprint density at radius 1 is 1.06 bits per heavy atom. The molecular formula is C33H40Cl2Zr. The molecular weight excluding hydrogens is 558 g/mol. The summed E-state index contributed by atoms with van der Waals surface area (Å²) in [7, 11) is 0. The molecule has 5 aliphatic carbocycles. The van der Waals surface area contributed by atoms with Crippen molar-refractivity contribution in [2.24, 2.45) is 29.1 Å². The number of allylic oxidation sites excluding steroid dienone is 10. The Kier molecular flexibility index (Phi) is 10.8. The van der Waals surface area contributed by atoms with Gasteiger partial charge in [-0.15, -0.1) is 6.42 Å². The molecule has 0 heterocycles. The van der Waals surface area contributed by atoms with E-state index >= 15 is 0 Å². The Balaban J connectivity index is 0.000000892. The van der Waals surface area contributed by atoms with Gasteiger partial charge in [0.1, 0.15) is 0 Å². The SMILES string of the molecule is CC1=CC(C(C)(C)C)=CC1C1CC=CC2=C3C(=C4[CH-]CCCC4C21)Cc1ccccc13.[CH2-]C.[Cl-].[Cl-].[Zr+4]. The minimum Gasteiger partial charge on any atom is -1.00 e. The number of hydrogen-bond acceptors (Lipinski definition) is 0. The van der Waals surface area contributed by atoms with Gasteiger partial charge in [0.05, 0.1) is 0 Å². The number of rotatable bonds is 1. The predicted molar refractivity (Wildman–Crippen MR) is 142 cm³/mol. The third kappa shape index (κ3) is 5.24. The molecule has 1 saturated carbocycles. The molecule has 0 bridgehead atoms. The first-order chi connectivity index (χ1) is 15.9. The summed E-state index contributed by atoms with van der Waals surface area (Å²) >= 11 is 0. The van der Waals surface area contributed by atoms with Crippen LogP contribution in [0.1, 0.15) is 71.4 Å². The van der Waals surface area contributed by atoms with Crippen molar-refractivity contribution in [1.82, 2.24) is 0 Å².